The number of benzene rings is 1. The van der Waals surface area contributed by atoms with Gasteiger partial charge in [-0.25, -0.2) is 0 Å². The maximum Gasteiger partial charge on any atom is 0.247 e. The highest BCUT2D eigenvalue weighted by atomic mass is 16.4. The van der Waals surface area contributed by atoms with Gasteiger partial charge >= 0.3 is 0 Å². The molecule has 1 unspecified atom stereocenters. The van der Waals surface area contributed by atoms with E-state index in [2.05, 4.69) is 32.2 Å². The number of aromatic nitrogens is 2. The predicted octanol–water partition coefficient (Wildman–Crippen LogP) is 1.94. The second-order valence-electron chi connectivity index (χ2n) is 7.02. The van der Waals surface area contributed by atoms with Crippen molar-refractivity contribution in [1.29, 1.82) is 0 Å². The van der Waals surface area contributed by atoms with Crippen LogP contribution in [0.4, 0.5) is 0 Å². The summed E-state index contributed by atoms with van der Waals surface area (Å²) in [4.78, 5) is 16.4. The fourth-order valence-electron chi connectivity index (χ4n) is 3.14. The predicted molar refractivity (Wildman–Crippen MR) is 99.4 cm³/mol. The zero-order chi connectivity index (χ0) is 18.5. The molecule has 1 saturated heterocycles. The quantitative estimate of drug-likeness (QED) is 0.852. The van der Waals surface area contributed by atoms with E-state index in [1.54, 1.807) is 0 Å². The molecule has 0 aliphatic carbocycles. The Bertz CT molecular complexity index is 708. The minimum atomic E-state index is 0.0617. The zero-order valence-corrected chi connectivity index (χ0v) is 15.7. The number of amides is 1. The molecule has 1 aliphatic heterocycles. The number of hydrogen-bond donors (Lipinski definition) is 1. The van der Waals surface area contributed by atoms with Crippen molar-refractivity contribution in [1.82, 2.24) is 25.3 Å². The summed E-state index contributed by atoms with van der Waals surface area (Å²) < 4.78 is 5.88. The van der Waals surface area contributed by atoms with E-state index in [4.69, 9.17) is 4.42 Å². The molecular weight excluding hydrogens is 330 g/mol. The van der Waals surface area contributed by atoms with Gasteiger partial charge in [-0.15, -0.1) is 10.2 Å². The van der Waals surface area contributed by atoms with Crippen LogP contribution in [-0.2, 0) is 4.79 Å². The normalized spacial score (nSPS) is 17.4. The van der Waals surface area contributed by atoms with Crippen LogP contribution in [0.15, 0.2) is 34.7 Å². The minimum absolute atomic E-state index is 0.0617. The summed E-state index contributed by atoms with van der Waals surface area (Å²) in [5, 5.41) is 11.3. The highest BCUT2D eigenvalue weighted by Crippen LogP contribution is 2.24. The van der Waals surface area contributed by atoms with Crippen molar-refractivity contribution in [3.05, 3.63) is 36.2 Å². The molecule has 2 aromatic rings. The maximum absolute atomic E-state index is 11.9. The van der Waals surface area contributed by atoms with Gasteiger partial charge in [-0.2, -0.15) is 0 Å². The molecule has 0 saturated carbocycles. The summed E-state index contributed by atoms with van der Waals surface area (Å²) in [5.41, 5.74) is 0.930. The number of nitrogens with one attached hydrogen (secondary N) is 1. The third-order valence-corrected chi connectivity index (χ3v) is 4.59. The zero-order valence-electron chi connectivity index (χ0n) is 15.7. The molecule has 26 heavy (non-hydrogen) atoms. The SMILES string of the molecule is CC(C)NC(=O)CN1CCN(C(C)c2nnc(-c3ccccc3)o2)CC1. The molecule has 1 amide bonds. The number of carbonyl (C=O) groups excluding carboxylic acids is 1. The Kier molecular flexibility index (Phi) is 6.00. The molecule has 1 atom stereocenters. The molecule has 0 radical (unpaired) electrons. The fourth-order valence-corrected chi connectivity index (χ4v) is 3.14. The first-order valence-corrected chi connectivity index (χ1v) is 9.17. The van der Waals surface area contributed by atoms with Crippen LogP contribution in [0.1, 0.15) is 32.7 Å². The van der Waals surface area contributed by atoms with E-state index in [0.717, 1.165) is 31.7 Å². The van der Waals surface area contributed by atoms with Crippen molar-refractivity contribution in [2.24, 2.45) is 0 Å². The largest absolute Gasteiger partial charge is 0.419 e. The Morgan fingerprint density at radius 2 is 1.81 bits per heavy atom. The van der Waals surface area contributed by atoms with Gasteiger partial charge in [0.1, 0.15) is 0 Å². The number of nitrogens with zero attached hydrogens (tertiary/aromatic N) is 4. The molecule has 3 rings (SSSR count). The Balaban J connectivity index is 1.53. The van der Waals surface area contributed by atoms with Gasteiger partial charge in [-0.1, -0.05) is 18.2 Å². The third kappa shape index (κ3) is 4.68. The van der Waals surface area contributed by atoms with E-state index in [9.17, 15) is 4.79 Å². The van der Waals surface area contributed by atoms with E-state index < -0.39 is 0 Å². The van der Waals surface area contributed by atoms with Crippen LogP contribution in [-0.4, -0.2) is 64.7 Å². The molecule has 7 nitrogen and oxygen atoms in total. The standard InChI is InChI=1S/C19H27N5O2/c1-14(2)20-17(25)13-23-9-11-24(12-10-23)15(3)18-21-22-19(26-18)16-7-5-4-6-8-16/h4-8,14-15H,9-13H2,1-3H3,(H,20,25). The van der Waals surface area contributed by atoms with Gasteiger partial charge in [0, 0.05) is 37.8 Å². The van der Waals surface area contributed by atoms with Crippen molar-refractivity contribution in [3.8, 4) is 11.5 Å². The smallest absolute Gasteiger partial charge is 0.247 e. The van der Waals surface area contributed by atoms with Crippen LogP contribution in [0.2, 0.25) is 0 Å². The van der Waals surface area contributed by atoms with Gasteiger partial charge < -0.3 is 9.73 Å². The number of hydrogen-bond acceptors (Lipinski definition) is 6. The summed E-state index contributed by atoms with van der Waals surface area (Å²) in [7, 11) is 0. The van der Waals surface area contributed by atoms with Crippen molar-refractivity contribution in [2.45, 2.75) is 32.9 Å². The van der Waals surface area contributed by atoms with Gasteiger partial charge in [0.05, 0.1) is 12.6 Å². The second kappa shape index (κ2) is 8.42. The first-order chi connectivity index (χ1) is 12.5. The Hall–Kier alpha value is -2.25. The molecule has 1 aromatic carbocycles. The lowest BCUT2D eigenvalue weighted by molar-refractivity contribution is -0.123. The summed E-state index contributed by atoms with van der Waals surface area (Å²) in [6.07, 6.45) is 0. The summed E-state index contributed by atoms with van der Waals surface area (Å²) in [6, 6.07) is 10.0. The van der Waals surface area contributed by atoms with Crippen LogP contribution >= 0.6 is 0 Å². The maximum atomic E-state index is 11.9. The highest BCUT2D eigenvalue weighted by Gasteiger charge is 2.26. The molecule has 1 fully saturated rings. The molecule has 0 spiro atoms. The van der Waals surface area contributed by atoms with Gasteiger partial charge in [-0.3, -0.25) is 14.6 Å². The van der Waals surface area contributed by atoms with E-state index in [-0.39, 0.29) is 18.0 Å². The van der Waals surface area contributed by atoms with Crippen molar-refractivity contribution < 1.29 is 9.21 Å². The Morgan fingerprint density at radius 3 is 2.46 bits per heavy atom. The topological polar surface area (TPSA) is 74.5 Å². The molecular formula is C19H27N5O2. The third-order valence-electron chi connectivity index (χ3n) is 4.59. The molecule has 0 bridgehead atoms. The lowest BCUT2D eigenvalue weighted by atomic mass is 10.2. The minimum Gasteiger partial charge on any atom is -0.419 e. The number of piperazine rings is 1. The Morgan fingerprint density at radius 1 is 1.12 bits per heavy atom. The average molecular weight is 357 g/mol. The summed E-state index contributed by atoms with van der Waals surface area (Å²) in [5.74, 6) is 1.28. The lowest BCUT2D eigenvalue weighted by Gasteiger charge is -2.36. The van der Waals surface area contributed by atoms with E-state index >= 15 is 0 Å². The molecule has 1 N–H and O–H groups in total. The lowest BCUT2D eigenvalue weighted by Crippen LogP contribution is -2.50. The monoisotopic (exact) mass is 357 g/mol. The van der Waals surface area contributed by atoms with Crippen molar-refractivity contribution in [3.63, 3.8) is 0 Å². The van der Waals surface area contributed by atoms with E-state index in [1.807, 2.05) is 44.2 Å². The van der Waals surface area contributed by atoms with Crippen molar-refractivity contribution >= 4 is 5.91 Å². The van der Waals surface area contributed by atoms with Crippen LogP contribution in [0.3, 0.4) is 0 Å². The summed E-state index contributed by atoms with van der Waals surface area (Å²) >= 11 is 0. The van der Waals surface area contributed by atoms with Crippen LogP contribution in [0.25, 0.3) is 11.5 Å². The average Bonchev–Trinajstić information content (AvgIpc) is 3.12. The van der Waals surface area contributed by atoms with Gasteiger partial charge in [0.2, 0.25) is 17.7 Å². The number of carbonyl (C=O) groups is 1. The van der Waals surface area contributed by atoms with Crippen LogP contribution < -0.4 is 5.32 Å². The van der Waals surface area contributed by atoms with Gasteiger partial charge in [0.15, 0.2) is 0 Å². The van der Waals surface area contributed by atoms with E-state index in [1.165, 1.54) is 0 Å². The molecule has 1 aliphatic rings. The Labute approximate surface area is 154 Å². The molecule has 7 heteroatoms. The molecule has 2 heterocycles. The first-order valence-electron chi connectivity index (χ1n) is 9.17. The molecule has 1 aromatic heterocycles. The highest BCUT2D eigenvalue weighted by molar-refractivity contribution is 5.78. The molecule has 140 valence electrons. The van der Waals surface area contributed by atoms with Gasteiger partial charge in [0.25, 0.3) is 0 Å². The second-order valence-corrected chi connectivity index (χ2v) is 7.02. The fraction of sp³-hybridized carbons (Fsp3) is 0.526. The van der Waals surface area contributed by atoms with E-state index in [0.29, 0.717) is 18.3 Å². The summed E-state index contributed by atoms with van der Waals surface area (Å²) in [6.45, 7) is 9.96. The van der Waals surface area contributed by atoms with Crippen LogP contribution in [0.5, 0.6) is 0 Å². The van der Waals surface area contributed by atoms with Gasteiger partial charge in [-0.05, 0) is 32.9 Å². The van der Waals surface area contributed by atoms with Crippen molar-refractivity contribution in [2.75, 3.05) is 32.7 Å². The number of rotatable bonds is 6. The van der Waals surface area contributed by atoms with Crippen LogP contribution in [0, 0.1) is 0 Å². The first kappa shape index (κ1) is 18.5.